The summed E-state index contributed by atoms with van der Waals surface area (Å²) in [5.41, 5.74) is 9.30. The Morgan fingerprint density at radius 2 is 0.731 bits per heavy atom. The molecule has 11 rings (SSSR count). The molecule has 0 aliphatic carbocycles. The second-order valence-electron chi connectivity index (χ2n) is 13.7. The van der Waals surface area contributed by atoms with Gasteiger partial charge in [0.15, 0.2) is 0 Å². The van der Waals surface area contributed by atoms with Crippen molar-refractivity contribution < 1.29 is 0 Å². The highest BCUT2D eigenvalue weighted by atomic mass is 32.1. The molecule has 0 bridgehead atoms. The average molecular weight is 1030 g/mol. The number of benzene rings is 5. The van der Waals surface area contributed by atoms with Crippen LogP contribution >= 0.6 is 85.5 Å². The predicted octanol–water partition coefficient (Wildman–Crippen LogP) is 14.1. The summed E-state index contributed by atoms with van der Waals surface area (Å²) in [6.07, 6.45) is 1.18. The second-order valence-corrected chi connectivity index (χ2v) is 16.7. The summed E-state index contributed by atoms with van der Waals surface area (Å²) >= 11 is 35.1. The molecule has 5 aromatic carbocycles. The molecule has 2 aromatic heterocycles. The van der Waals surface area contributed by atoms with Crippen LogP contribution in [0.5, 0.6) is 0 Å². The van der Waals surface area contributed by atoms with Crippen molar-refractivity contribution >= 4 is 132 Å². The smallest absolute Gasteiger partial charge is 0.112 e. The van der Waals surface area contributed by atoms with Gasteiger partial charge in [-0.05, 0) is 71.3 Å². The summed E-state index contributed by atoms with van der Waals surface area (Å²) in [7, 11) is 0. The van der Waals surface area contributed by atoms with E-state index in [0.717, 1.165) is 89.1 Å². The topological polar surface area (TPSA) is 91.7 Å². The standard InChI is InChI=1S/2C9H7NS.C8H5NS2.2C8H7NS.C5H10N2S.6CH4/c2*11-9-6-5-7-3-1-2-4-8(7)10-9;10-7-5-3-1-2-4-6(5)8(11)9-7;2*10-8-7-4-2-1-3-6(7)5-9-8;8-5-4-6-2-1-3-7-5;;;;;;/h2*1-6H,(H,10,11);1-4H,(H,9,10,11);2*1-4H,5H2,(H,9,10);6H,1-4H2,(H,7,8);6*1H4. The Bertz CT molecular complexity index is 2630. The van der Waals surface area contributed by atoms with Crippen LogP contribution in [0.3, 0.4) is 0 Å². The van der Waals surface area contributed by atoms with E-state index in [4.69, 9.17) is 85.5 Å². The van der Waals surface area contributed by atoms with E-state index in [1.54, 1.807) is 0 Å². The van der Waals surface area contributed by atoms with Crippen LogP contribution in [0.4, 0.5) is 0 Å². The summed E-state index contributed by atoms with van der Waals surface area (Å²) in [5.74, 6) is 0. The molecule has 0 spiro atoms. The van der Waals surface area contributed by atoms with Crippen LogP contribution in [-0.2, 0) is 13.1 Å². The SMILES string of the molecule is C.C.C.C.C.C.S=C1CNCCCN1.S=C1NC(=S)c2ccccc21.S=C1NCc2ccccc21.S=C1NCc2ccccc21.S=c1ccc2ccccc2[nH]1.S=c1ccc2ccccc2[nH]1. The minimum absolute atomic E-state index is 0. The number of thiocarbonyl (C=S) groups is 5. The van der Waals surface area contributed by atoms with Gasteiger partial charge in [-0.15, -0.1) is 0 Å². The molecule has 0 amide bonds. The third-order valence-corrected chi connectivity index (χ3v) is 11.6. The van der Waals surface area contributed by atoms with Crippen LogP contribution < -0.4 is 26.6 Å². The number of hydrogen-bond donors (Lipinski definition) is 7. The van der Waals surface area contributed by atoms with E-state index >= 15 is 0 Å². The number of pyridine rings is 2. The van der Waals surface area contributed by atoms with Crippen molar-refractivity contribution in [1.82, 2.24) is 36.6 Å². The summed E-state index contributed by atoms with van der Waals surface area (Å²) in [6, 6.07) is 48.3. The minimum Gasteiger partial charge on any atom is -0.379 e. The average Bonchev–Trinajstić information content (AvgIpc) is 3.88. The second kappa shape index (κ2) is 31.9. The molecule has 6 heterocycles. The van der Waals surface area contributed by atoms with Crippen molar-refractivity contribution in [3.8, 4) is 0 Å². The van der Waals surface area contributed by atoms with Gasteiger partial charge in [0, 0.05) is 59.5 Å². The molecule has 1 saturated heterocycles. The molecule has 4 aliphatic heterocycles. The molecule has 356 valence electrons. The normalized spacial score (nSPS) is 12.7. The van der Waals surface area contributed by atoms with Crippen molar-refractivity contribution in [2.24, 2.45) is 0 Å². The summed E-state index contributed by atoms with van der Waals surface area (Å²) in [6.45, 7) is 4.78. The van der Waals surface area contributed by atoms with Gasteiger partial charge in [0.1, 0.15) is 29.2 Å². The fourth-order valence-electron chi connectivity index (χ4n) is 6.35. The molecule has 0 unspecified atom stereocenters. The first-order valence-electron chi connectivity index (χ1n) is 19.5. The number of aromatic nitrogens is 2. The molecular weight excluding hydrogens is 959 g/mol. The van der Waals surface area contributed by atoms with E-state index < -0.39 is 0 Å². The Morgan fingerprint density at radius 3 is 1.16 bits per heavy atom. The van der Waals surface area contributed by atoms with Gasteiger partial charge in [-0.3, -0.25) is 0 Å². The first kappa shape index (κ1) is 62.0. The maximum Gasteiger partial charge on any atom is 0.112 e. The molecule has 0 radical (unpaired) electrons. The van der Waals surface area contributed by atoms with Crippen LogP contribution in [0, 0.1) is 9.28 Å². The van der Waals surface area contributed by atoms with Gasteiger partial charge < -0.3 is 36.6 Å². The lowest BCUT2D eigenvalue weighted by molar-refractivity contribution is 0.728. The molecule has 7 aromatic rings. The lowest BCUT2D eigenvalue weighted by Crippen LogP contribution is -2.27. The molecule has 7 nitrogen and oxygen atoms in total. The van der Waals surface area contributed by atoms with Crippen LogP contribution in [-0.4, -0.2) is 54.5 Å². The van der Waals surface area contributed by atoms with Crippen LogP contribution in [0.2, 0.25) is 0 Å². The summed E-state index contributed by atoms with van der Waals surface area (Å²) in [5, 5.41) is 17.9. The zero-order valence-electron chi connectivity index (χ0n) is 33.0. The van der Waals surface area contributed by atoms with E-state index in [0.29, 0.717) is 0 Å². The number of aromatic amines is 2. The molecule has 7 N–H and O–H groups in total. The minimum atomic E-state index is 0. The monoisotopic (exact) mass is 1030 g/mol. The maximum absolute atomic E-state index is 5.06. The lowest BCUT2D eigenvalue weighted by Gasteiger charge is -1.97. The first-order valence-corrected chi connectivity index (χ1v) is 22.3. The van der Waals surface area contributed by atoms with Crippen molar-refractivity contribution in [3.05, 3.63) is 188 Å². The lowest BCUT2D eigenvalue weighted by atomic mass is 10.1. The van der Waals surface area contributed by atoms with Gasteiger partial charge >= 0.3 is 0 Å². The zero-order valence-corrected chi connectivity index (χ0v) is 38.7. The molecule has 67 heavy (non-hydrogen) atoms. The Morgan fingerprint density at radius 1 is 0.343 bits per heavy atom. The number of fused-ring (bicyclic) bond motifs is 5. The van der Waals surface area contributed by atoms with Crippen LogP contribution in [0.1, 0.15) is 84.4 Å². The van der Waals surface area contributed by atoms with Crippen LogP contribution in [0.25, 0.3) is 21.8 Å². The van der Waals surface area contributed by atoms with E-state index in [2.05, 4.69) is 73.0 Å². The quantitative estimate of drug-likeness (QED) is 0.0738. The number of H-pyrrole nitrogens is 2. The van der Waals surface area contributed by atoms with E-state index in [1.807, 2.05) is 109 Å². The molecule has 1 fully saturated rings. The highest BCUT2D eigenvalue weighted by Crippen LogP contribution is 2.17. The van der Waals surface area contributed by atoms with Gasteiger partial charge in [0.2, 0.25) is 0 Å². The zero-order chi connectivity index (χ0) is 43.0. The molecule has 0 atom stereocenters. The first-order chi connectivity index (χ1) is 29.7. The van der Waals surface area contributed by atoms with E-state index in [9.17, 15) is 0 Å². The maximum atomic E-state index is 5.06. The number of hydrogen-bond acceptors (Lipinski definition) is 8. The highest BCUT2D eigenvalue weighted by molar-refractivity contribution is 7.83. The Hall–Kier alpha value is -5.03. The number of para-hydroxylation sites is 2. The van der Waals surface area contributed by atoms with Gasteiger partial charge in [0.25, 0.3) is 0 Å². The molecule has 14 heteroatoms. The fourth-order valence-corrected chi connectivity index (χ4v) is 8.08. The van der Waals surface area contributed by atoms with Crippen molar-refractivity contribution in [2.45, 2.75) is 64.1 Å². The largest absolute Gasteiger partial charge is 0.379 e. The molecule has 0 saturated carbocycles. The highest BCUT2D eigenvalue weighted by Gasteiger charge is 2.18. The van der Waals surface area contributed by atoms with Gasteiger partial charge in [-0.25, -0.2) is 0 Å². The molecule has 4 aliphatic rings. The predicted molar refractivity (Wildman–Crippen MR) is 320 cm³/mol. The third-order valence-electron chi connectivity index (χ3n) is 9.45. The Balaban J connectivity index is 0.000000769. The number of rotatable bonds is 0. The fraction of sp³-hybridized carbons (Fsp3) is 0.226. The summed E-state index contributed by atoms with van der Waals surface area (Å²) < 4.78 is 1.56. The van der Waals surface area contributed by atoms with Gasteiger partial charge in [-0.2, -0.15) is 0 Å². The van der Waals surface area contributed by atoms with E-state index in [1.165, 1.54) is 39.4 Å². The van der Waals surface area contributed by atoms with E-state index in [-0.39, 0.29) is 44.6 Å². The Labute approximate surface area is 437 Å². The van der Waals surface area contributed by atoms with Crippen LogP contribution in [0.15, 0.2) is 146 Å². The molecular formula is C53H67N7S7. The summed E-state index contributed by atoms with van der Waals surface area (Å²) in [4.78, 5) is 10.4. The van der Waals surface area contributed by atoms with Gasteiger partial charge in [-0.1, -0.05) is 239 Å². The van der Waals surface area contributed by atoms with Crippen molar-refractivity contribution in [1.29, 1.82) is 0 Å². The Kier molecular flexibility index (Phi) is 29.5. The number of nitrogens with one attached hydrogen (secondary N) is 7. The third kappa shape index (κ3) is 18.5. The van der Waals surface area contributed by atoms with Crippen molar-refractivity contribution in [2.75, 3.05) is 19.6 Å². The van der Waals surface area contributed by atoms with Crippen molar-refractivity contribution in [3.63, 3.8) is 0 Å². The van der Waals surface area contributed by atoms with Gasteiger partial charge in [0.05, 0.1) is 4.99 Å².